The summed E-state index contributed by atoms with van der Waals surface area (Å²) in [7, 11) is 0. The molecule has 2 heterocycles. The van der Waals surface area contributed by atoms with Gasteiger partial charge in [-0.25, -0.2) is 14.4 Å². The number of alkyl halides is 1. The van der Waals surface area contributed by atoms with Crippen molar-refractivity contribution in [3.05, 3.63) is 113 Å². The van der Waals surface area contributed by atoms with E-state index >= 15 is 0 Å². The van der Waals surface area contributed by atoms with E-state index in [1.807, 2.05) is 47.2 Å². The van der Waals surface area contributed by atoms with Gasteiger partial charge in [-0.15, -0.1) is 34.3 Å². The van der Waals surface area contributed by atoms with Gasteiger partial charge in [0.2, 0.25) is 0 Å². The van der Waals surface area contributed by atoms with Crippen LogP contribution in [0.15, 0.2) is 95.7 Å². The minimum Gasteiger partial charge on any atom is -0.379 e. The van der Waals surface area contributed by atoms with Gasteiger partial charge in [-0.1, -0.05) is 60.7 Å². The zero-order valence-corrected chi connectivity index (χ0v) is 20.0. The molecule has 7 heteroatoms. The molecular formula is C26H21ClFN3S2. The van der Waals surface area contributed by atoms with Gasteiger partial charge in [0.15, 0.2) is 0 Å². The molecule has 5 aromatic rings. The number of aromatic nitrogens is 2. The number of hydrogen-bond donors (Lipinski definition) is 1. The van der Waals surface area contributed by atoms with Gasteiger partial charge in [0.1, 0.15) is 15.8 Å². The molecule has 0 saturated heterocycles. The van der Waals surface area contributed by atoms with Crippen molar-refractivity contribution in [1.82, 2.24) is 9.97 Å². The molecule has 33 heavy (non-hydrogen) atoms. The van der Waals surface area contributed by atoms with E-state index < -0.39 is 0 Å². The highest BCUT2D eigenvalue weighted by atomic mass is 35.5. The average Bonchev–Trinajstić information content (AvgIpc) is 3.55. The predicted molar refractivity (Wildman–Crippen MR) is 138 cm³/mol. The van der Waals surface area contributed by atoms with Crippen LogP contribution in [0.25, 0.3) is 21.1 Å². The van der Waals surface area contributed by atoms with Crippen LogP contribution in [0.1, 0.15) is 11.4 Å². The Bertz CT molecular complexity index is 1260. The fourth-order valence-corrected chi connectivity index (χ4v) is 4.82. The minimum atomic E-state index is -0.226. The van der Waals surface area contributed by atoms with Gasteiger partial charge in [0, 0.05) is 27.6 Å². The number of anilines is 1. The van der Waals surface area contributed by atoms with Crippen molar-refractivity contribution in [2.24, 2.45) is 0 Å². The third-order valence-electron chi connectivity index (χ3n) is 4.60. The summed E-state index contributed by atoms with van der Waals surface area (Å²) in [5, 5.41) is 9.32. The van der Waals surface area contributed by atoms with Crippen molar-refractivity contribution >= 4 is 40.0 Å². The van der Waals surface area contributed by atoms with Crippen molar-refractivity contribution in [1.29, 1.82) is 0 Å². The summed E-state index contributed by atoms with van der Waals surface area (Å²) in [6.45, 7) is 0.634. The van der Waals surface area contributed by atoms with Gasteiger partial charge in [-0.3, -0.25) is 0 Å². The zero-order valence-electron chi connectivity index (χ0n) is 17.6. The summed E-state index contributed by atoms with van der Waals surface area (Å²) in [6.07, 6.45) is 0. The molecule has 0 unspecified atom stereocenters. The van der Waals surface area contributed by atoms with Gasteiger partial charge in [-0.05, 0) is 24.3 Å². The lowest BCUT2D eigenvalue weighted by atomic mass is 10.2. The van der Waals surface area contributed by atoms with Crippen LogP contribution >= 0.6 is 34.3 Å². The van der Waals surface area contributed by atoms with Crippen LogP contribution in [0.2, 0.25) is 0 Å². The quantitative estimate of drug-likeness (QED) is 0.243. The second-order valence-corrected chi connectivity index (χ2v) is 9.00. The topological polar surface area (TPSA) is 37.8 Å². The maximum Gasteiger partial charge on any atom is 0.123 e. The standard InChI is InChI=1S/C16H13FN2S.C10H8ClNS/c17-13-6-8-14(9-7-13)18-10-15-11-20-16(19-15)12-4-2-1-3-5-12;11-6-9-7-13-10(12-9)8-4-2-1-3-5-8/h1-9,11,18H,10H2;1-5,7H,6H2. The first-order valence-corrected chi connectivity index (χ1v) is 12.6. The Kier molecular flexibility index (Phi) is 8.19. The van der Waals surface area contributed by atoms with E-state index in [2.05, 4.69) is 39.6 Å². The SMILES string of the molecule is ClCc1csc(-c2ccccc2)n1.Fc1ccc(NCc2csc(-c3ccccc3)n2)cc1. The second kappa shape index (κ2) is 11.7. The van der Waals surface area contributed by atoms with Gasteiger partial charge >= 0.3 is 0 Å². The first-order valence-electron chi connectivity index (χ1n) is 10.3. The van der Waals surface area contributed by atoms with Crippen LogP contribution in [-0.4, -0.2) is 9.97 Å². The molecular weight excluding hydrogens is 473 g/mol. The minimum absolute atomic E-state index is 0.226. The Morgan fingerprint density at radius 3 is 1.73 bits per heavy atom. The van der Waals surface area contributed by atoms with Crippen molar-refractivity contribution in [3.63, 3.8) is 0 Å². The molecule has 0 aliphatic heterocycles. The van der Waals surface area contributed by atoms with Crippen LogP contribution in [0, 0.1) is 5.82 Å². The van der Waals surface area contributed by atoms with Crippen LogP contribution in [0.3, 0.4) is 0 Å². The Balaban J connectivity index is 0.000000172. The van der Waals surface area contributed by atoms with E-state index in [1.54, 1.807) is 34.8 Å². The second-order valence-electron chi connectivity index (χ2n) is 7.01. The fraction of sp³-hybridized carbons (Fsp3) is 0.0769. The molecule has 0 saturated carbocycles. The molecule has 1 N–H and O–H groups in total. The lowest BCUT2D eigenvalue weighted by Crippen LogP contribution is -1.99. The van der Waals surface area contributed by atoms with Crippen LogP contribution in [0.4, 0.5) is 10.1 Å². The molecule has 5 rings (SSSR count). The van der Waals surface area contributed by atoms with Gasteiger partial charge in [0.25, 0.3) is 0 Å². The molecule has 0 aliphatic carbocycles. The fourth-order valence-electron chi connectivity index (χ4n) is 2.94. The van der Waals surface area contributed by atoms with Gasteiger partial charge in [0.05, 0.1) is 23.8 Å². The summed E-state index contributed by atoms with van der Waals surface area (Å²) >= 11 is 8.93. The van der Waals surface area contributed by atoms with E-state index in [4.69, 9.17) is 11.6 Å². The van der Waals surface area contributed by atoms with E-state index in [1.165, 1.54) is 12.1 Å². The number of thiazole rings is 2. The Hall–Kier alpha value is -3.06. The first kappa shape index (κ1) is 23.1. The molecule has 0 amide bonds. The van der Waals surface area contributed by atoms with E-state index in [0.717, 1.165) is 38.2 Å². The smallest absolute Gasteiger partial charge is 0.123 e. The Morgan fingerprint density at radius 2 is 1.21 bits per heavy atom. The largest absolute Gasteiger partial charge is 0.379 e. The molecule has 0 atom stereocenters. The monoisotopic (exact) mass is 493 g/mol. The molecule has 0 aliphatic rings. The third-order valence-corrected chi connectivity index (χ3v) is 6.75. The average molecular weight is 494 g/mol. The van der Waals surface area contributed by atoms with E-state index in [9.17, 15) is 4.39 Å². The van der Waals surface area contributed by atoms with Crippen molar-refractivity contribution in [3.8, 4) is 21.1 Å². The zero-order chi connectivity index (χ0) is 22.9. The van der Waals surface area contributed by atoms with Gasteiger partial charge < -0.3 is 5.32 Å². The van der Waals surface area contributed by atoms with Gasteiger partial charge in [-0.2, -0.15) is 0 Å². The molecule has 0 bridgehead atoms. The summed E-state index contributed by atoms with van der Waals surface area (Å²) in [4.78, 5) is 8.98. The number of rotatable bonds is 6. The number of benzene rings is 3. The van der Waals surface area contributed by atoms with Crippen LogP contribution in [-0.2, 0) is 12.4 Å². The number of nitrogens with zero attached hydrogens (tertiary/aromatic N) is 2. The summed E-state index contributed by atoms with van der Waals surface area (Å²) in [5.41, 5.74) is 5.11. The molecule has 0 radical (unpaired) electrons. The maximum absolute atomic E-state index is 12.8. The number of hydrogen-bond acceptors (Lipinski definition) is 5. The summed E-state index contributed by atoms with van der Waals surface area (Å²) in [6, 6.07) is 26.6. The first-order chi connectivity index (χ1) is 16.2. The molecule has 0 fully saturated rings. The molecule has 0 spiro atoms. The molecule has 3 nitrogen and oxygen atoms in total. The van der Waals surface area contributed by atoms with E-state index in [0.29, 0.717) is 12.4 Å². The highest BCUT2D eigenvalue weighted by Crippen LogP contribution is 2.24. The molecule has 3 aromatic carbocycles. The molecule has 166 valence electrons. The van der Waals surface area contributed by atoms with E-state index in [-0.39, 0.29) is 5.82 Å². The normalized spacial score (nSPS) is 10.4. The lowest BCUT2D eigenvalue weighted by Gasteiger charge is -2.03. The van der Waals surface area contributed by atoms with Crippen LogP contribution < -0.4 is 5.32 Å². The Labute approximate surface area is 205 Å². The lowest BCUT2D eigenvalue weighted by molar-refractivity contribution is 0.628. The van der Waals surface area contributed by atoms with Crippen molar-refractivity contribution in [2.75, 3.05) is 5.32 Å². The Morgan fingerprint density at radius 1 is 0.697 bits per heavy atom. The maximum atomic E-state index is 12.8. The predicted octanol–water partition coefficient (Wildman–Crippen LogP) is 8.11. The molecule has 2 aromatic heterocycles. The van der Waals surface area contributed by atoms with Crippen molar-refractivity contribution in [2.45, 2.75) is 12.4 Å². The summed E-state index contributed by atoms with van der Waals surface area (Å²) in [5.74, 6) is 0.263. The van der Waals surface area contributed by atoms with Crippen molar-refractivity contribution < 1.29 is 4.39 Å². The van der Waals surface area contributed by atoms with Crippen LogP contribution in [0.5, 0.6) is 0 Å². The number of nitrogens with one attached hydrogen (secondary N) is 1. The number of halogens is 2. The third kappa shape index (κ3) is 6.71. The highest BCUT2D eigenvalue weighted by Gasteiger charge is 2.04. The highest BCUT2D eigenvalue weighted by molar-refractivity contribution is 7.13. The summed E-state index contributed by atoms with van der Waals surface area (Å²) < 4.78 is 12.8.